The zero-order valence-corrected chi connectivity index (χ0v) is 13.3. The van der Waals surface area contributed by atoms with Gasteiger partial charge in [0.05, 0.1) is 4.92 Å². The minimum atomic E-state index is -0.550. The molecule has 0 fully saturated rings. The van der Waals surface area contributed by atoms with Gasteiger partial charge >= 0.3 is 5.69 Å². The minimum Gasteiger partial charge on any atom is -0.454 e. The summed E-state index contributed by atoms with van der Waals surface area (Å²) < 4.78 is 10.5. The van der Waals surface area contributed by atoms with Crippen LogP contribution >= 0.6 is 11.3 Å². The summed E-state index contributed by atoms with van der Waals surface area (Å²) in [5.41, 5.74) is 0.293. The van der Waals surface area contributed by atoms with E-state index in [1.54, 1.807) is 29.8 Å². The van der Waals surface area contributed by atoms with Gasteiger partial charge in [-0.25, -0.2) is 15.0 Å². The van der Waals surface area contributed by atoms with Gasteiger partial charge in [0.2, 0.25) is 18.4 Å². The highest BCUT2D eigenvalue weighted by Crippen LogP contribution is 2.37. The number of aromatic nitrogens is 3. The summed E-state index contributed by atoms with van der Waals surface area (Å²) >= 11 is 1.31. The van der Waals surface area contributed by atoms with E-state index < -0.39 is 4.92 Å². The fraction of sp³-hybridized carbons (Fsp3) is 0.0714. The third-order valence-electron chi connectivity index (χ3n) is 3.30. The molecule has 0 amide bonds. The fourth-order valence-corrected chi connectivity index (χ4v) is 2.76. The molecule has 3 aromatic rings. The molecule has 10 nitrogen and oxygen atoms in total. The van der Waals surface area contributed by atoms with Crippen LogP contribution in [0, 0.1) is 10.1 Å². The average Bonchev–Trinajstić information content (AvgIpc) is 3.25. The van der Waals surface area contributed by atoms with Crippen molar-refractivity contribution in [1.82, 2.24) is 15.0 Å². The van der Waals surface area contributed by atoms with E-state index in [-0.39, 0.29) is 24.1 Å². The first-order valence-electron chi connectivity index (χ1n) is 7.03. The molecule has 4 rings (SSSR count). The largest absolute Gasteiger partial charge is 0.454 e. The summed E-state index contributed by atoms with van der Waals surface area (Å²) in [6, 6.07) is 5.11. The van der Waals surface area contributed by atoms with Gasteiger partial charge in [-0.15, -0.1) is 11.3 Å². The SMILES string of the molecule is O=[N+]([O-])c1c(Nc2ccc3c(c2)OCO3)ncnc1Nc1nccs1. The number of hydrogen-bond acceptors (Lipinski definition) is 10. The summed E-state index contributed by atoms with van der Waals surface area (Å²) in [5, 5.41) is 19.5. The molecular formula is C14H10N6O4S. The van der Waals surface area contributed by atoms with Gasteiger partial charge in [-0.2, -0.15) is 0 Å². The van der Waals surface area contributed by atoms with Crippen molar-refractivity contribution in [3.8, 4) is 11.5 Å². The number of ether oxygens (including phenoxy) is 2. The molecule has 0 atom stereocenters. The molecule has 0 unspecified atom stereocenters. The Kier molecular flexibility index (Phi) is 3.74. The number of benzene rings is 1. The van der Waals surface area contributed by atoms with Gasteiger partial charge in [0.25, 0.3) is 0 Å². The number of nitrogens with zero attached hydrogens (tertiary/aromatic N) is 4. The monoisotopic (exact) mass is 358 g/mol. The van der Waals surface area contributed by atoms with Gasteiger partial charge in [0.15, 0.2) is 16.6 Å². The van der Waals surface area contributed by atoms with Crippen molar-refractivity contribution in [2.24, 2.45) is 0 Å². The molecule has 1 aliphatic rings. The standard InChI is InChI=1S/C14H10N6O4S/c21-20(22)11-12(16-6-17-13(11)19-14-15-3-4-25-14)18-8-1-2-9-10(5-8)24-7-23-9/h1-6H,7H2,(H2,15,16,17,18,19). The number of hydrogen-bond donors (Lipinski definition) is 2. The van der Waals surface area contributed by atoms with E-state index in [2.05, 4.69) is 25.6 Å². The fourth-order valence-electron chi connectivity index (χ4n) is 2.23. The van der Waals surface area contributed by atoms with E-state index in [0.29, 0.717) is 22.3 Å². The number of nitrogens with one attached hydrogen (secondary N) is 2. The zero-order chi connectivity index (χ0) is 17.2. The van der Waals surface area contributed by atoms with E-state index in [1.165, 1.54) is 17.7 Å². The second-order valence-electron chi connectivity index (χ2n) is 4.83. The molecule has 1 aliphatic heterocycles. The summed E-state index contributed by atoms with van der Waals surface area (Å²) in [6.45, 7) is 0.147. The molecule has 0 saturated heterocycles. The van der Waals surface area contributed by atoms with Gasteiger partial charge in [0.1, 0.15) is 6.33 Å². The summed E-state index contributed by atoms with van der Waals surface area (Å²) in [7, 11) is 0. The predicted octanol–water partition coefficient (Wildman–Crippen LogP) is 3.06. The van der Waals surface area contributed by atoms with Crippen molar-refractivity contribution in [1.29, 1.82) is 0 Å². The lowest BCUT2D eigenvalue weighted by Gasteiger charge is -2.09. The molecule has 3 heterocycles. The summed E-state index contributed by atoms with van der Waals surface area (Å²) in [5.74, 6) is 1.29. The molecule has 2 N–H and O–H groups in total. The number of nitro groups is 1. The Morgan fingerprint density at radius 1 is 1.12 bits per heavy atom. The van der Waals surface area contributed by atoms with E-state index in [4.69, 9.17) is 9.47 Å². The second-order valence-corrected chi connectivity index (χ2v) is 5.73. The van der Waals surface area contributed by atoms with E-state index >= 15 is 0 Å². The Morgan fingerprint density at radius 3 is 2.68 bits per heavy atom. The van der Waals surface area contributed by atoms with Gasteiger partial charge in [0, 0.05) is 23.3 Å². The molecule has 11 heteroatoms. The molecule has 2 aromatic heterocycles. The number of rotatable bonds is 5. The van der Waals surface area contributed by atoms with Crippen LogP contribution in [-0.4, -0.2) is 26.7 Å². The van der Waals surface area contributed by atoms with Crippen LogP contribution in [0.25, 0.3) is 0 Å². The van der Waals surface area contributed by atoms with Crippen LogP contribution in [0.1, 0.15) is 0 Å². The molecule has 0 radical (unpaired) electrons. The lowest BCUT2D eigenvalue weighted by molar-refractivity contribution is -0.383. The highest BCUT2D eigenvalue weighted by atomic mass is 32.1. The Balaban J connectivity index is 1.68. The smallest absolute Gasteiger partial charge is 0.353 e. The maximum Gasteiger partial charge on any atom is 0.353 e. The van der Waals surface area contributed by atoms with Gasteiger partial charge < -0.3 is 20.1 Å². The molecule has 0 aliphatic carbocycles. The number of thiazole rings is 1. The number of fused-ring (bicyclic) bond motifs is 1. The van der Waals surface area contributed by atoms with Gasteiger partial charge in [-0.1, -0.05) is 0 Å². The summed E-state index contributed by atoms with van der Waals surface area (Å²) in [6.07, 6.45) is 2.82. The van der Waals surface area contributed by atoms with Crippen molar-refractivity contribution in [3.63, 3.8) is 0 Å². The van der Waals surface area contributed by atoms with Crippen molar-refractivity contribution in [2.75, 3.05) is 17.4 Å². The maximum atomic E-state index is 11.5. The summed E-state index contributed by atoms with van der Waals surface area (Å²) in [4.78, 5) is 23.0. The molecule has 126 valence electrons. The third-order valence-corrected chi connectivity index (χ3v) is 3.99. The third kappa shape index (κ3) is 2.99. The first kappa shape index (κ1) is 15.1. The minimum absolute atomic E-state index is 0.0536. The normalized spacial score (nSPS) is 12.0. The Hall–Kier alpha value is -3.47. The van der Waals surface area contributed by atoms with Crippen molar-refractivity contribution < 1.29 is 14.4 Å². The Morgan fingerprint density at radius 2 is 1.92 bits per heavy atom. The van der Waals surface area contributed by atoms with E-state index in [1.807, 2.05) is 0 Å². The van der Waals surface area contributed by atoms with E-state index in [9.17, 15) is 10.1 Å². The Bertz CT molecular complexity index is 933. The van der Waals surface area contributed by atoms with Crippen molar-refractivity contribution >= 4 is 39.5 Å². The van der Waals surface area contributed by atoms with Crippen LogP contribution in [0.3, 0.4) is 0 Å². The quantitative estimate of drug-likeness (QED) is 0.523. The average molecular weight is 358 g/mol. The van der Waals surface area contributed by atoms with Crippen LogP contribution in [0.4, 0.5) is 28.1 Å². The highest BCUT2D eigenvalue weighted by Gasteiger charge is 2.24. The second kappa shape index (κ2) is 6.20. The van der Waals surface area contributed by atoms with Crippen LogP contribution in [0.5, 0.6) is 11.5 Å². The zero-order valence-electron chi connectivity index (χ0n) is 12.5. The molecular weight excluding hydrogens is 348 g/mol. The van der Waals surface area contributed by atoms with E-state index in [0.717, 1.165) is 0 Å². The van der Waals surface area contributed by atoms with Crippen molar-refractivity contribution in [2.45, 2.75) is 0 Å². The lowest BCUT2D eigenvalue weighted by Crippen LogP contribution is -2.05. The predicted molar refractivity (Wildman–Crippen MR) is 89.9 cm³/mol. The molecule has 25 heavy (non-hydrogen) atoms. The van der Waals surface area contributed by atoms with Crippen LogP contribution in [0.2, 0.25) is 0 Å². The number of anilines is 4. The van der Waals surface area contributed by atoms with Gasteiger partial charge in [-0.3, -0.25) is 10.1 Å². The Labute approximate surface area is 144 Å². The van der Waals surface area contributed by atoms with Gasteiger partial charge in [-0.05, 0) is 12.1 Å². The van der Waals surface area contributed by atoms with Crippen LogP contribution < -0.4 is 20.1 Å². The molecule has 0 spiro atoms. The maximum absolute atomic E-state index is 11.5. The van der Waals surface area contributed by atoms with Crippen LogP contribution in [-0.2, 0) is 0 Å². The molecule has 0 bridgehead atoms. The highest BCUT2D eigenvalue weighted by molar-refractivity contribution is 7.13. The van der Waals surface area contributed by atoms with Crippen LogP contribution in [0.15, 0.2) is 36.1 Å². The first-order valence-corrected chi connectivity index (χ1v) is 7.91. The van der Waals surface area contributed by atoms with Crippen molar-refractivity contribution in [3.05, 3.63) is 46.2 Å². The lowest BCUT2D eigenvalue weighted by atomic mass is 10.2. The topological polar surface area (TPSA) is 124 Å². The molecule has 1 aromatic carbocycles. The first-order chi connectivity index (χ1) is 12.2. The molecule has 0 saturated carbocycles.